The van der Waals surface area contributed by atoms with Gasteiger partial charge < -0.3 is 9.84 Å². The molecule has 0 spiro atoms. The van der Waals surface area contributed by atoms with E-state index >= 15 is 0 Å². The largest absolute Gasteiger partial charge is 0.487 e. The van der Waals surface area contributed by atoms with Crippen LogP contribution >= 0.6 is 23.2 Å². The van der Waals surface area contributed by atoms with Crippen molar-refractivity contribution >= 4 is 29.2 Å². The van der Waals surface area contributed by atoms with Crippen LogP contribution in [-0.4, -0.2) is 11.1 Å². The lowest BCUT2D eigenvalue weighted by atomic mass is 10.1. The third-order valence-electron chi connectivity index (χ3n) is 2.84. The third kappa shape index (κ3) is 3.24. The Balaban J connectivity index is 2.21. The molecule has 0 aliphatic rings. The minimum absolute atomic E-state index is 0.113. The maximum absolute atomic E-state index is 11.1. The first-order chi connectivity index (χ1) is 9.49. The number of rotatable bonds is 4. The maximum atomic E-state index is 11.1. The number of benzene rings is 2. The number of aryl methyl sites for hydroxylation is 1. The number of carboxylic acids is 1. The molecule has 2 aromatic carbocycles. The fourth-order valence-electron chi connectivity index (χ4n) is 1.75. The Bertz CT molecular complexity index is 654. The highest BCUT2D eigenvalue weighted by Gasteiger charge is 2.11. The molecule has 0 radical (unpaired) electrons. The van der Waals surface area contributed by atoms with Crippen LogP contribution in [0.5, 0.6) is 5.75 Å². The van der Waals surface area contributed by atoms with Crippen LogP contribution < -0.4 is 4.74 Å². The summed E-state index contributed by atoms with van der Waals surface area (Å²) in [5.74, 6) is -0.556. The van der Waals surface area contributed by atoms with Gasteiger partial charge in [-0.15, -0.1) is 0 Å². The second-order valence-electron chi connectivity index (χ2n) is 4.28. The Labute approximate surface area is 126 Å². The molecule has 2 aromatic rings. The number of carboxylic acid groups (broad SMARTS) is 1. The fourth-order valence-corrected chi connectivity index (χ4v) is 2.18. The minimum atomic E-state index is -0.989. The molecule has 0 amide bonds. The molecule has 0 aliphatic heterocycles. The summed E-state index contributed by atoms with van der Waals surface area (Å²) in [6.07, 6.45) is 0. The molecule has 0 heterocycles. The van der Waals surface area contributed by atoms with Crippen molar-refractivity contribution in [2.45, 2.75) is 13.5 Å². The summed E-state index contributed by atoms with van der Waals surface area (Å²) in [7, 11) is 0. The van der Waals surface area contributed by atoms with Crippen LogP contribution in [0.3, 0.4) is 0 Å². The van der Waals surface area contributed by atoms with Crippen LogP contribution in [0.2, 0.25) is 10.0 Å². The Morgan fingerprint density at radius 3 is 2.60 bits per heavy atom. The fraction of sp³-hybridized carbons (Fsp3) is 0.133. The lowest BCUT2D eigenvalue weighted by molar-refractivity contribution is 0.0694. The molecule has 0 atom stereocenters. The normalized spacial score (nSPS) is 10.3. The van der Waals surface area contributed by atoms with Crippen molar-refractivity contribution in [2.24, 2.45) is 0 Å². The van der Waals surface area contributed by atoms with E-state index in [0.717, 1.165) is 5.56 Å². The van der Waals surface area contributed by atoms with Gasteiger partial charge in [0.05, 0.1) is 10.6 Å². The molecular formula is C15H12Cl2O3. The smallest absolute Gasteiger partial charge is 0.336 e. The average Bonchev–Trinajstić information content (AvgIpc) is 2.41. The van der Waals surface area contributed by atoms with Crippen molar-refractivity contribution in [1.29, 1.82) is 0 Å². The molecule has 0 fully saturated rings. The zero-order valence-electron chi connectivity index (χ0n) is 10.7. The first-order valence-electron chi connectivity index (χ1n) is 5.88. The maximum Gasteiger partial charge on any atom is 0.336 e. The van der Waals surface area contributed by atoms with E-state index < -0.39 is 5.97 Å². The second kappa shape index (κ2) is 6.16. The van der Waals surface area contributed by atoms with Gasteiger partial charge in [-0.05, 0) is 24.6 Å². The Kier molecular flexibility index (Phi) is 4.53. The Hall–Kier alpha value is -1.71. The molecule has 0 bridgehead atoms. The van der Waals surface area contributed by atoms with Crippen molar-refractivity contribution in [3.8, 4) is 5.75 Å². The number of halogens is 2. The molecule has 0 saturated heterocycles. The van der Waals surface area contributed by atoms with Crippen LogP contribution in [0, 0.1) is 6.92 Å². The van der Waals surface area contributed by atoms with Crippen LogP contribution in [0.4, 0.5) is 0 Å². The highest BCUT2D eigenvalue weighted by Crippen LogP contribution is 2.31. The molecule has 20 heavy (non-hydrogen) atoms. The van der Waals surface area contributed by atoms with E-state index in [-0.39, 0.29) is 12.2 Å². The minimum Gasteiger partial charge on any atom is -0.487 e. The Morgan fingerprint density at radius 2 is 1.90 bits per heavy atom. The molecule has 0 saturated carbocycles. The van der Waals surface area contributed by atoms with Crippen LogP contribution in [0.15, 0.2) is 36.4 Å². The number of ether oxygens (including phenoxy) is 1. The van der Waals surface area contributed by atoms with Gasteiger partial charge in [-0.25, -0.2) is 4.79 Å². The van der Waals surface area contributed by atoms with E-state index in [0.29, 0.717) is 21.4 Å². The van der Waals surface area contributed by atoms with Crippen LogP contribution in [0.1, 0.15) is 21.5 Å². The summed E-state index contributed by atoms with van der Waals surface area (Å²) in [6.45, 7) is 1.96. The van der Waals surface area contributed by atoms with Crippen molar-refractivity contribution in [1.82, 2.24) is 0 Å². The second-order valence-corrected chi connectivity index (χ2v) is 5.10. The summed E-state index contributed by atoms with van der Waals surface area (Å²) >= 11 is 12.1. The van der Waals surface area contributed by atoms with E-state index in [4.69, 9.17) is 33.0 Å². The first-order valence-corrected chi connectivity index (χ1v) is 6.64. The number of hydrogen-bond donors (Lipinski definition) is 1. The zero-order valence-corrected chi connectivity index (χ0v) is 12.2. The van der Waals surface area contributed by atoms with Gasteiger partial charge >= 0.3 is 5.97 Å². The van der Waals surface area contributed by atoms with Crippen molar-refractivity contribution in [2.75, 3.05) is 0 Å². The van der Waals surface area contributed by atoms with Crippen LogP contribution in [-0.2, 0) is 6.61 Å². The highest BCUT2D eigenvalue weighted by molar-refractivity contribution is 6.34. The number of aromatic carboxylic acids is 1. The molecule has 2 rings (SSSR count). The number of carbonyl (C=O) groups is 1. The summed E-state index contributed by atoms with van der Waals surface area (Å²) in [6, 6.07) is 10.0. The monoisotopic (exact) mass is 310 g/mol. The van der Waals surface area contributed by atoms with Gasteiger partial charge in [0.2, 0.25) is 0 Å². The molecule has 0 unspecified atom stereocenters. The van der Waals surface area contributed by atoms with E-state index in [9.17, 15) is 4.79 Å². The van der Waals surface area contributed by atoms with Gasteiger partial charge in [-0.1, -0.05) is 41.4 Å². The molecule has 1 N–H and O–H groups in total. The topological polar surface area (TPSA) is 46.5 Å². The van der Waals surface area contributed by atoms with E-state index in [1.54, 1.807) is 30.3 Å². The van der Waals surface area contributed by atoms with Crippen molar-refractivity contribution in [3.05, 3.63) is 63.1 Å². The van der Waals surface area contributed by atoms with E-state index in [1.165, 1.54) is 6.07 Å². The zero-order chi connectivity index (χ0) is 14.7. The predicted molar refractivity (Wildman–Crippen MR) is 78.9 cm³/mol. The average molecular weight is 311 g/mol. The predicted octanol–water partition coefficient (Wildman–Crippen LogP) is 4.58. The van der Waals surface area contributed by atoms with E-state index in [2.05, 4.69) is 0 Å². The SMILES string of the molecule is Cc1cc(Cl)c(OCc2ccccc2C(=O)O)cc1Cl. The molecule has 0 aliphatic carbocycles. The number of hydrogen-bond acceptors (Lipinski definition) is 2. The van der Waals surface area contributed by atoms with E-state index in [1.807, 2.05) is 6.92 Å². The summed E-state index contributed by atoms with van der Waals surface area (Å²) in [5, 5.41) is 10.1. The molecule has 5 heteroatoms. The van der Waals surface area contributed by atoms with Gasteiger partial charge in [0.1, 0.15) is 12.4 Å². The Morgan fingerprint density at radius 1 is 1.20 bits per heavy atom. The van der Waals surface area contributed by atoms with Crippen molar-refractivity contribution < 1.29 is 14.6 Å². The molecular weight excluding hydrogens is 299 g/mol. The molecule has 3 nitrogen and oxygen atoms in total. The van der Waals surface area contributed by atoms with Gasteiger partial charge in [0, 0.05) is 16.7 Å². The standard InChI is InChI=1S/C15H12Cl2O3/c1-9-6-13(17)14(7-12(9)16)20-8-10-4-2-3-5-11(10)15(18)19/h2-7H,8H2,1H3,(H,18,19). The van der Waals surface area contributed by atoms with Gasteiger partial charge in [-0.3, -0.25) is 0 Å². The van der Waals surface area contributed by atoms with Gasteiger partial charge in [-0.2, -0.15) is 0 Å². The van der Waals surface area contributed by atoms with Crippen LogP contribution in [0.25, 0.3) is 0 Å². The molecule has 104 valence electrons. The van der Waals surface area contributed by atoms with Gasteiger partial charge in [0.25, 0.3) is 0 Å². The highest BCUT2D eigenvalue weighted by atomic mass is 35.5. The third-order valence-corrected chi connectivity index (χ3v) is 3.55. The molecule has 0 aromatic heterocycles. The first kappa shape index (κ1) is 14.7. The lowest BCUT2D eigenvalue weighted by Gasteiger charge is -2.11. The van der Waals surface area contributed by atoms with Crippen molar-refractivity contribution in [3.63, 3.8) is 0 Å². The lowest BCUT2D eigenvalue weighted by Crippen LogP contribution is -2.05. The van der Waals surface area contributed by atoms with Gasteiger partial charge in [0.15, 0.2) is 0 Å². The summed E-state index contributed by atoms with van der Waals surface area (Å²) < 4.78 is 5.57. The summed E-state index contributed by atoms with van der Waals surface area (Å²) in [4.78, 5) is 11.1. The quantitative estimate of drug-likeness (QED) is 0.899. The summed E-state index contributed by atoms with van der Waals surface area (Å²) in [5.41, 5.74) is 1.64.